The van der Waals surface area contributed by atoms with Gasteiger partial charge in [-0.3, -0.25) is 20.4 Å². The van der Waals surface area contributed by atoms with Crippen molar-refractivity contribution in [2.45, 2.75) is 19.8 Å². The number of methoxy groups -OCH3 is 1. The van der Waals surface area contributed by atoms with Gasteiger partial charge < -0.3 is 4.74 Å². The van der Waals surface area contributed by atoms with E-state index in [0.717, 1.165) is 5.56 Å². The molecule has 2 aromatic rings. The van der Waals surface area contributed by atoms with E-state index in [2.05, 4.69) is 24.7 Å². The Hall–Kier alpha value is -2.82. The van der Waals surface area contributed by atoms with Crippen LogP contribution in [0.3, 0.4) is 0 Å². The van der Waals surface area contributed by atoms with Crippen LogP contribution in [0.4, 0.5) is 0 Å². The van der Waals surface area contributed by atoms with Crippen LogP contribution >= 0.6 is 0 Å². The van der Waals surface area contributed by atoms with Crippen molar-refractivity contribution in [3.63, 3.8) is 0 Å². The fraction of sp³-hybridized carbons (Fsp3) is 0.222. The van der Waals surface area contributed by atoms with Crippen molar-refractivity contribution in [2.75, 3.05) is 7.11 Å². The minimum atomic E-state index is -0.389. The zero-order valence-corrected chi connectivity index (χ0v) is 13.4. The third-order valence-electron chi connectivity index (χ3n) is 3.48. The molecule has 0 radical (unpaired) electrons. The van der Waals surface area contributed by atoms with Crippen LogP contribution in [0.1, 0.15) is 46.0 Å². The zero-order chi connectivity index (χ0) is 16.8. The van der Waals surface area contributed by atoms with Crippen molar-refractivity contribution in [1.82, 2.24) is 10.9 Å². The van der Waals surface area contributed by atoms with E-state index >= 15 is 0 Å². The van der Waals surface area contributed by atoms with Gasteiger partial charge in [-0.15, -0.1) is 0 Å². The van der Waals surface area contributed by atoms with Crippen molar-refractivity contribution >= 4 is 11.8 Å². The maximum Gasteiger partial charge on any atom is 0.269 e. The van der Waals surface area contributed by atoms with E-state index in [1.165, 1.54) is 0 Å². The van der Waals surface area contributed by atoms with Crippen LogP contribution in [-0.2, 0) is 0 Å². The molecule has 0 spiro atoms. The Morgan fingerprint density at radius 1 is 0.826 bits per heavy atom. The number of hydrogen-bond acceptors (Lipinski definition) is 3. The van der Waals surface area contributed by atoms with E-state index in [-0.39, 0.29) is 11.8 Å². The summed E-state index contributed by atoms with van der Waals surface area (Å²) in [5, 5.41) is 0. The quantitative estimate of drug-likeness (QED) is 0.853. The number of ether oxygens (including phenoxy) is 1. The van der Waals surface area contributed by atoms with Crippen molar-refractivity contribution < 1.29 is 14.3 Å². The standard InChI is InChI=1S/C18H20N2O3/c1-12(2)13-4-6-14(7-5-13)17(21)19-20-18(22)15-8-10-16(23-3)11-9-15/h4-12H,1-3H3,(H,19,21)(H,20,22). The summed E-state index contributed by atoms with van der Waals surface area (Å²) in [5.41, 5.74) is 6.88. The third-order valence-corrected chi connectivity index (χ3v) is 3.48. The van der Waals surface area contributed by atoms with Gasteiger partial charge in [0, 0.05) is 11.1 Å². The fourth-order valence-electron chi connectivity index (χ4n) is 2.02. The van der Waals surface area contributed by atoms with Crippen LogP contribution in [0, 0.1) is 0 Å². The first-order chi connectivity index (χ1) is 11.0. The van der Waals surface area contributed by atoms with Crippen LogP contribution in [-0.4, -0.2) is 18.9 Å². The molecule has 0 aromatic heterocycles. The van der Waals surface area contributed by atoms with Gasteiger partial charge in [0.15, 0.2) is 0 Å². The van der Waals surface area contributed by atoms with Gasteiger partial charge in [0.25, 0.3) is 11.8 Å². The SMILES string of the molecule is COc1ccc(C(=O)NNC(=O)c2ccc(C(C)C)cc2)cc1. The molecular formula is C18H20N2O3. The monoisotopic (exact) mass is 312 g/mol. The summed E-state index contributed by atoms with van der Waals surface area (Å²) < 4.78 is 5.03. The van der Waals surface area contributed by atoms with Crippen LogP contribution in [0.2, 0.25) is 0 Å². The van der Waals surface area contributed by atoms with Gasteiger partial charge in [-0.2, -0.15) is 0 Å². The molecule has 5 heteroatoms. The third kappa shape index (κ3) is 4.32. The number of benzene rings is 2. The van der Waals surface area contributed by atoms with Crippen molar-refractivity contribution in [1.29, 1.82) is 0 Å². The highest BCUT2D eigenvalue weighted by Gasteiger charge is 2.09. The molecule has 0 fully saturated rings. The van der Waals surface area contributed by atoms with Crippen LogP contribution in [0.5, 0.6) is 5.75 Å². The van der Waals surface area contributed by atoms with Crippen molar-refractivity contribution in [2.24, 2.45) is 0 Å². The average Bonchev–Trinajstić information content (AvgIpc) is 2.59. The lowest BCUT2D eigenvalue weighted by molar-refractivity contribution is 0.0846. The highest BCUT2D eigenvalue weighted by atomic mass is 16.5. The second kappa shape index (κ2) is 7.45. The van der Waals surface area contributed by atoms with Gasteiger partial charge in [0.05, 0.1) is 7.11 Å². The first kappa shape index (κ1) is 16.5. The Balaban J connectivity index is 1.93. The first-order valence-corrected chi connectivity index (χ1v) is 7.36. The molecule has 0 aliphatic heterocycles. The fourth-order valence-corrected chi connectivity index (χ4v) is 2.02. The highest BCUT2D eigenvalue weighted by molar-refractivity contribution is 5.99. The van der Waals surface area contributed by atoms with E-state index in [0.29, 0.717) is 22.8 Å². The summed E-state index contributed by atoms with van der Waals surface area (Å²) in [6.07, 6.45) is 0. The maximum absolute atomic E-state index is 12.0. The summed E-state index contributed by atoms with van der Waals surface area (Å²) >= 11 is 0. The Morgan fingerprint density at radius 3 is 1.65 bits per heavy atom. The van der Waals surface area contributed by atoms with Crippen LogP contribution < -0.4 is 15.6 Å². The number of amides is 2. The number of carbonyl (C=O) groups excluding carboxylic acids is 2. The first-order valence-electron chi connectivity index (χ1n) is 7.36. The predicted octanol–water partition coefficient (Wildman–Crippen LogP) is 2.89. The van der Waals surface area contributed by atoms with E-state index in [1.54, 1.807) is 43.5 Å². The van der Waals surface area contributed by atoms with Crippen LogP contribution in [0.15, 0.2) is 48.5 Å². The smallest absolute Gasteiger partial charge is 0.269 e. The minimum Gasteiger partial charge on any atom is -0.497 e. The highest BCUT2D eigenvalue weighted by Crippen LogP contribution is 2.14. The van der Waals surface area contributed by atoms with E-state index in [4.69, 9.17) is 4.74 Å². The minimum absolute atomic E-state index is 0.359. The van der Waals surface area contributed by atoms with Gasteiger partial charge in [0.2, 0.25) is 0 Å². The van der Waals surface area contributed by atoms with Gasteiger partial charge in [0.1, 0.15) is 5.75 Å². The molecule has 120 valence electrons. The van der Waals surface area contributed by atoms with E-state index in [9.17, 15) is 9.59 Å². The molecule has 0 saturated carbocycles. The topological polar surface area (TPSA) is 67.4 Å². The molecule has 0 aliphatic carbocycles. The molecule has 0 bridgehead atoms. The molecule has 0 unspecified atom stereocenters. The predicted molar refractivity (Wildman–Crippen MR) is 88.5 cm³/mol. The molecule has 2 aromatic carbocycles. The summed E-state index contributed by atoms with van der Waals surface area (Å²) in [6.45, 7) is 4.17. The summed E-state index contributed by atoms with van der Waals surface area (Å²) in [5.74, 6) is 0.319. The lowest BCUT2D eigenvalue weighted by atomic mass is 10.0. The van der Waals surface area contributed by atoms with Gasteiger partial charge in [-0.25, -0.2) is 0 Å². The number of carbonyl (C=O) groups is 2. The molecule has 0 atom stereocenters. The van der Waals surface area contributed by atoms with Gasteiger partial charge in [-0.05, 0) is 47.9 Å². The number of hydrogen-bond donors (Lipinski definition) is 2. The normalized spacial score (nSPS) is 10.3. The second-order valence-electron chi connectivity index (χ2n) is 5.41. The molecular weight excluding hydrogens is 292 g/mol. The lowest BCUT2D eigenvalue weighted by Gasteiger charge is -2.09. The van der Waals surface area contributed by atoms with Crippen LogP contribution in [0.25, 0.3) is 0 Å². The second-order valence-corrected chi connectivity index (χ2v) is 5.41. The molecule has 0 heterocycles. The van der Waals surface area contributed by atoms with Gasteiger partial charge >= 0.3 is 0 Å². The largest absolute Gasteiger partial charge is 0.497 e. The maximum atomic E-state index is 12.0. The average molecular weight is 312 g/mol. The lowest BCUT2D eigenvalue weighted by Crippen LogP contribution is -2.41. The van der Waals surface area contributed by atoms with Crippen molar-refractivity contribution in [3.05, 3.63) is 65.2 Å². The molecule has 23 heavy (non-hydrogen) atoms. The Morgan fingerprint density at radius 2 is 1.26 bits per heavy atom. The summed E-state index contributed by atoms with van der Waals surface area (Å²) in [4.78, 5) is 24.0. The molecule has 2 amide bonds. The van der Waals surface area contributed by atoms with E-state index < -0.39 is 0 Å². The summed E-state index contributed by atoms with van der Waals surface area (Å²) in [7, 11) is 1.56. The molecule has 0 saturated heterocycles. The Kier molecular flexibility index (Phi) is 5.36. The van der Waals surface area contributed by atoms with Crippen molar-refractivity contribution in [3.8, 4) is 5.75 Å². The number of rotatable bonds is 4. The zero-order valence-electron chi connectivity index (χ0n) is 13.4. The number of hydrazine groups is 1. The molecule has 0 aliphatic rings. The molecule has 2 rings (SSSR count). The Labute approximate surface area is 135 Å². The Bertz CT molecular complexity index is 676. The summed E-state index contributed by atoms with van der Waals surface area (Å²) in [6, 6.07) is 13.9. The van der Waals surface area contributed by atoms with E-state index in [1.807, 2.05) is 12.1 Å². The molecule has 5 nitrogen and oxygen atoms in total. The molecule has 2 N–H and O–H groups in total. The number of nitrogens with one attached hydrogen (secondary N) is 2. The van der Waals surface area contributed by atoms with Gasteiger partial charge in [-0.1, -0.05) is 26.0 Å².